The molecular weight excluding hydrogens is 281 g/mol. The summed E-state index contributed by atoms with van der Waals surface area (Å²) in [7, 11) is 1.42. The van der Waals surface area contributed by atoms with Crippen LogP contribution in [-0.2, 0) is 0 Å². The summed E-state index contributed by atoms with van der Waals surface area (Å²) < 4.78 is 16.0. The van der Waals surface area contributed by atoms with Crippen LogP contribution in [0.15, 0.2) is 23.0 Å². The van der Waals surface area contributed by atoms with Gasteiger partial charge in [0.25, 0.3) is 11.5 Å². The van der Waals surface area contributed by atoms with Gasteiger partial charge in [-0.15, -0.1) is 6.42 Å². The van der Waals surface area contributed by atoms with Gasteiger partial charge in [0.15, 0.2) is 0 Å². The molecule has 3 N–H and O–H groups in total. The van der Waals surface area contributed by atoms with E-state index in [0.717, 1.165) is 11.5 Å². The minimum Gasteiger partial charge on any atom is -0.355 e. The van der Waals surface area contributed by atoms with Crippen molar-refractivity contribution in [2.24, 2.45) is 0 Å². The Balaban J connectivity index is 2.36. The first-order chi connectivity index (χ1) is 9.56. The fraction of sp³-hybridized carbons (Fsp3) is 0.0769. The minimum absolute atomic E-state index is 0.0427. The molecule has 0 aliphatic heterocycles. The maximum Gasteiger partial charge on any atom is 0.273 e. The third kappa shape index (κ3) is 2.55. The highest BCUT2D eigenvalue weighted by molar-refractivity contribution is 7.10. The van der Waals surface area contributed by atoms with Crippen molar-refractivity contribution in [3.05, 3.63) is 45.5 Å². The van der Waals surface area contributed by atoms with Crippen molar-refractivity contribution in [1.82, 2.24) is 9.69 Å². The van der Waals surface area contributed by atoms with Gasteiger partial charge in [-0.1, -0.05) is 5.92 Å². The van der Waals surface area contributed by atoms with Gasteiger partial charge in [0.1, 0.15) is 16.4 Å². The molecule has 1 aromatic heterocycles. The van der Waals surface area contributed by atoms with Gasteiger partial charge in [-0.2, -0.15) is 0 Å². The number of carbonyl (C=O) groups is 1. The van der Waals surface area contributed by atoms with E-state index in [1.807, 2.05) is 0 Å². The number of aromatic amines is 1. The molecule has 2 aromatic rings. The number of benzene rings is 1. The molecule has 0 saturated carbocycles. The van der Waals surface area contributed by atoms with Crippen molar-refractivity contribution in [3.8, 4) is 12.3 Å². The van der Waals surface area contributed by atoms with E-state index < -0.39 is 17.3 Å². The van der Waals surface area contributed by atoms with Crippen LogP contribution in [0.5, 0.6) is 0 Å². The molecule has 1 heterocycles. The van der Waals surface area contributed by atoms with E-state index in [1.54, 1.807) is 6.07 Å². The average Bonchev–Trinajstić information content (AvgIpc) is 2.79. The molecule has 0 atom stereocenters. The second-order valence-electron chi connectivity index (χ2n) is 3.78. The fourth-order valence-electron chi connectivity index (χ4n) is 1.56. The van der Waals surface area contributed by atoms with Gasteiger partial charge in [-0.25, -0.2) is 4.39 Å². The Morgan fingerprint density at radius 3 is 2.85 bits per heavy atom. The van der Waals surface area contributed by atoms with Gasteiger partial charge in [0, 0.05) is 12.7 Å². The normalized spacial score (nSPS) is 9.85. The number of nitrogens with one attached hydrogen (secondary N) is 3. The number of hydrogen-bond donors (Lipinski definition) is 3. The molecule has 5 nitrogen and oxygen atoms in total. The quantitative estimate of drug-likeness (QED) is 0.753. The average molecular weight is 291 g/mol. The second-order valence-corrected chi connectivity index (χ2v) is 4.60. The first kappa shape index (κ1) is 13.8. The Kier molecular flexibility index (Phi) is 3.86. The summed E-state index contributed by atoms with van der Waals surface area (Å²) in [6.07, 6.45) is 5.13. The molecule has 1 amide bonds. The lowest BCUT2D eigenvalue weighted by atomic mass is 10.2. The molecule has 1 aromatic carbocycles. The minimum atomic E-state index is -0.554. The largest absolute Gasteiger partial charge is 0.355 e. The predicted octanol–water partition coefficient (Wildman–Crippen LogP) is 1.66. The topological polar surface area (TPSA) is 74.0 Å². The Bertz CT molecular complexity index is 758. The lowest BCUT2D eigenvalue weighted by molar-refractivity contribution is 0.0963. The number of anilines is 2. The molecule has 0 fully saturated rings. The third-order valence-corrected chi connectivity index (χ3v) is 3.33. The number of H-pyrrole nitrogens is 1. The Morgan fingerprint density at radius 1 is 1.50 bits per heavy atom. The standard InChI is InChI=1S/C13H10FN3O2S/c1-3-7-4-5-8(6-9(7)14)16-13-10(11(18)15-2)12(19)17-20-13/h1,4-6,16H,2H3,(H,15,18)(H,17,19). The van der Waals surface area contributed by atoms with Crippen LogP contribution in [0.2, 0.25) is 0 Å². The van der Waals surface area contributed by atoms with Gasteiger partial charge in [-0.3, -0.25) is 14.0 Å². The second kappa shape index (κ2) is 5.59. The summed E-state index contributed by atoms with van der Waals surface area (Å²) in [5.41, 5.74) is -0.0114. The van der Waals surface area contributed by atoms with E-state index in [4.69, 9.17) is 6.42 Å². The lowest BCUT2D eigenvalue weighted by Crippen LogP contribution is -2.24. The van der Waals surface area contributed by atoms with Crippen molar-refractivity contribution in [1.29, 1.82) is 0 Å². The van der Waals surface area contributed by atoms with Gasteiger partial charge in [0.05, 0.1) is 5.56 Å². The number of carbonyl (C=O) groups excluding carboxylic acids is 1. The van der Waals surface area contributed by atoms with E-state index in [1.165, 1.54) is 19.2 Å². The van der Waals surface area contributed by atoms with Gasteiger partial charge in [-0.05, 0) is 29.7 Å². The molecule has 7 heteroatoms. The van der Waals surface area contributed by atoms with Crippen LogP contribution in [-0.4, -0.2) is 17.3 Å². The summed E-state index contributed by atoms with van der Waals surface area (Å²) in [6, 6.07) is 4.20. The fourth-order valence-corrected chi connectivity index (χ4v) is 2.32. The van der Waals surface area contributed by atoms with E-state index >= 15 is 0 Å². The molecule has 0 saturated heterocycles. The van der Waals surface area contributed by atoms with Crippen molar-refractivity contribution in [3.63, 3.8) is 0 Å². The summed E-state index contributed by atoms with van der Waals surface area (Å²) in [5.74, 6) is 1.14. The van der Waals surface area contributed by atoms with Gasteiger partial charge >= 0.3 is 0 Å². The zero-order valence-electron chi connectivity index (χ0n) is 10.4. The summed E-state index contributed by atoms with van der Waals surface area (Å²) in [5, 5.41) is 5.50. The number of amides is 1. The van der Waals surface area contributed by atoms with Gasteiger partial charge in [0.2, 0.25) is 0 Å². The number of hydrogen-bond acceptors (Lipinski definition) is 4. The third-order valence-electron chi connectivity index (χ3n) is 2.54. The Labute approximate surface area is 118 Å². The predicted molar refractivity (Wildman–Crippen MR) is 75.9 cm³/mol. The number of aromatic nitrogens is 1. The summed E-state index contributed by atoms with van der Waals surface area (Å²) in [4.78, 5) is 23.2. The van der Waals surface area contributed by atoms with Crippen LogP contribution in [0.1, 0.15) is 15.9 Å². The van der Waals surface area contributed by atoms with Crippen molar-refractivity contribution < 1.29 is 9.18 Å². The molecule has 2 rings (SSSR count). The van der Waals surface area contributed by atoms with E-state index in [-0.39, 0.29) is 11.1 Å². The number of rotatable bonds is 3. The van der Waals surface area contributed by atoms with Crippen molar-refractivity contribution in [2.75, 3.05) is 12.4 Å². The highest BCUT2D eigenvalue weighted by Gasteiger charge is 2.17. The van der Waals surface area contributed by atoms with Crippen LogP contribution in [0.25, 0.3) is 0 Å². The molecular formula is C13H10FN3O2S. The molecule has 0 spiro atoms. The molecule has 102 valence electrons. The zero-order chi connectivity index (χ0) is 14.7. The van der Waals surface area contributed by atoms with E-state index in [9.17, 15) is 14.0 Å². The smallest absolute Gasteiger partial charge is 0.273 e. The SMILES string of the molecule is C#Cc1ccc(Nc2s[nH]c(=O)c2C(=O)NC)cc1F. The highest BCUT2D eigenvalue weighted by atomic mass is 32.1. The maximum absolute atomic E-state index is 13.6. The zero-order valence-corrected chi connectivity index (χ0v) is 11.2. The van der Waals surface area contributed by atoms with Gasteiger partial charge < -0.3 is 10.6 Å². The molecule has 0 bridgehead atoms. The number of halogens is 1. The molecule has 0 aliphatic carbocycles. The lowest BCUT2D eigenvalue weighted by Gasteiger charge is -2.06. The Hall–Kier alpha value is -2.59. The number of terminal acetylenes is 1. The first-order valence-electron chi connectivity index (χ1n) is 5.53. The molecule has 0 radical (unpaired) electrons. The van der Waals surface area contributed by atoms with Crippen LogP contribution in [0.3, 0.4) is 0 Å². The maximum atomic E-state index is 13.6. The van der Waals surface area contributed by atoms with Crippen LogP contribution >= 0.6 is 11.5 Å². The Morgan fingerprint density at radius 2 is 2.25 bits per heavy atom. The summed E-state index contributed by atoms with van der Waals surface area (Å²) in [6.45, 7) is 0. The first-order valence-corrected chi connectivity index (χ1v) is 6.35. The van der Waals surface area contributed by atoms with Crippen LogP contribution < -0.4 is 16.2 Å². The highest BCUT2D eigenvalue weighted by Crippen LogP contribution is 2.23. The summed E-state index contributed by atoms with van der Waals surface area (Å²) >= 11 is 0.958. The monoisotopic (exact) mass is 291 g/mol. The van der Waals surface area contributed by atoms with E-state index in [0.29, 0.717) is 10.7 Å². The van der Waals surface area contributed by atoms with Crippen molar-refractivity contribution in [2.45, 2.75) is 0 Å². The van der Waals surface area contributed by atoms with Crippen molar-refractivity contribution >= 4 is 28.1 Å². The molecule has 0 unspecified atom stereocenters. The molecule has 0 aliphatic rings. The van der Waals surface area contributed by atoms with Crippen LogP contribution in [0, 0.1) is 18.2 Å². The van der Waals surface area contributed by atoms with E-state index in [2.05, 4.69) is 20.9 Å². The van der Waals surface area contributed by atoms with Crippen LogP contribution in [0.4, 0.5) is 15.1 Å². The molecule has 20 heavy (non-hydrogen) atoms.